The molecule has 0 saturated carbocycles. The van der Waals surface area contributed by atoms with E-state index in [4.69, 9.17) is 0 Å². The minimum atomic E-state index is -1.28. The van der Waals surface area contributed by atoms with Crippen LogP contribution in [0.25, 0.3) is 21.8 Å². The molecule has 3 N–H and O–H groups in total. The predicted molar refractivity (Wildman–Crippen MR) is 144 cm³/mol. The number of aromatic nitrogens is 3. The van der Waals surface area contributed by atoms with Crippen molar-refractivity contribution in [3.05, 3.63) is 117 Å². The number of benzene rings is 3. The van der Waals surface area contributed by atoms with Gasteiger partial charge in [-0.2, -0.15) is 0 Å². The number of carboxylic acids is 1. The lowest BCUT2D eigenvalue weighted by Crippen LogP contribution is -2.51. The fraction of sp³-hybridized carbons (Fsp3) is 0.172. The minimum Gasteiger partial charge on any atom is -0.480 e. The molecule has 0 saturated heterocycles. The molecule has 2 aromatic heterocycles. The maximum absolute atomic E-state index is 13.7. The summed E-state index contributed by atoms with van der Waals surface area (Å²) in [6.45, 7) is 0. The molecular formula is C29H26N4O5. The maximum atomic E-state index is 13.7. The van der Waals surface area contributed by atoms with Crippen LogP contribution in [-0.4, -0.2) is 37.1 Å². The number of aryl methyl sites for hydroxylation is 1. The molecule has 1 amide bonds. The molecule has 0 unspecified atom stereocenters. The van der Waals surface area contributed by atoms with Crippen LogP contribution in [-0.2, 0) is 29.5 Å². The number of carbonyl (C=O) groups excluding carboxylic acids is 1. The number of nitrogens with one attached hydrogen (secondary N) is 2. The zero-order chi connectivity index (χ0) is 26.8. The van der Waals surface area contributed by atoms with Crippen LogP contribution >= 0.6 is 0 Å². The van der Waals surface area contributed by atoms with Crippen molar-refractivity contribution in [1.29, 1.82) is 0 Å². The first-order valence-electron chi connectivity index (χ1n) is 12.2. The Labute approximate surface area is 217 Å². The van der Waals surface area contributed by atoms with E-state index in [0.717, 1.165) is 26.6 Å². The molecule has 0 aliphatic heterocycles. The fourth-order valence-corrected chi connectivity index (χ4v) is 4.83. The second-order valence-electron chi connectivity index (χ2n) is 9.20. The Kier molecular flexibility index (Phi) is 6.66. The lowest BCUT2D eigenvalue weighted by molar-refractivity contribution is -0.142. The monoisotopic (exact) mass is 510 g/mol. The standard InChI is InChI=1S/C29H26N4O5/c1-32-24-14-8-6-12-21(24)27(35)33(29(32)38)25(15-18-9-3-2-4-10-18)26(34)31-23(28(36)37)16-19-17-30-22-13-7-5-11-20(19)22/h2-14,17,23,25,30H,15-16H2,1H3,(H,31,34)(H,36,37)/t23-,25-/m0/s1. The summed E-state index contributed by atoms with van der Waals surface area (Å²) in [6, 6.07) is 20.6. The summed E-state index contributed by atoms with van der Waals surface area (Å²) in [7, 11) is 1.54. The third-order valence-electron chi connectivity index (χ3n) is 6.81. The van der Waals surface area contributed by atoms with Crippen LogP contribution in [0.5, 0.6) is 0 Å². The number of H-pyrrole nitrogens is 1. The summed E-state index contributed by atoms with van der Waals surface area (Å²) in [5.41, 5.74) is 1.48. The number of aliphatic carboxylic acids is 1. The number of aromatic amines is 1. The third kappa shape index (κ3) is 4.61. The molecule has 2 heterocycles. The largest absolute Gasteiger partial charge is 0.480 e. The van der Waals surface area contributed by atoms with Gasteiger partial charge in [0.2, 0.25) is 5.91 Å². The maximum Gasteiger partial charge on any atom is 0.331 e. The van der Waals surface area contributed by atoms with Gasteiger partial charge in [-0.05, 0) is 29.3 Å². The van der Waals surface area contributed by atoms with E-state index < -0.39 is 35.2 Å². The molecule has 192 valence electrons. The van der Waals surface area contributed by atoms with Crippen LogP contribution in [0.3, 0.4) is 0 Å². The highest BCUT2D eigenvalue weighted by Gasteiger charge is 2.30. The number of para-hydroxylation sites is 2. The van der Waals surface area contributed by atoms with Gasteiger partial charge in [0.05, 0.1) is 10.9 Å². The highest BCUT2D eigenvalue weighted by atomic mass is 16.4. The van der Waals surface area contributed by atoms with Gasteiger partial charge in [0, 0.05) is 37.0 Å². The van der Waals surface area contributed by atoms with Crippen LogP contribution in [0, 0.1) is 0 Å². The van der Waals surface area contributed by atoms with E-state index in [0.29, 0.717) is 5.52 Å². The van der Waals surface area contributed by atoms with Gasteiger partial charge in [0.15, 0.2) is 0 Å². The van der Waals surface area contributed by atoms with Crippen LogP contribution < -0.4 is 16.6 Å². The third-order valence-corrected chi connectivity index (χ3v) is 6.81. The minimum absolute atomic E-state index is 0.0216. The molecular weight excluding hydrogens is 484 g/mol. The molecule has 3 aromatic carbocycles. The normalized spacial score (nSPS) is 12.9. The topological polar surface area (TPSA) is 126 Å². The average Bonchev–Trinajstić information content (AvgIpc) is 3.34. The van der Waals surface area contributed by atoms with Crippen LogP contribution in [0.1, 0.15) is 17.2 Å². The lowest BCUT2D eigenvalue weighted by atomic mass is 10.0. The van der Waals surface area contributed by atoms with Crippen molar-refractivity contribution < 1.29 is 14.7 Å². The SMILES string of the molecule is Cn1c(=O)n([C@@H](Cc2ccccc2)C(=O)N[C@@H](Cc2c[nH]c3ccccc23)C(=O)O)c(=O)c2ccccc21. The Balaban J connectivity index is 1.55. The Hall–Kier alpha value is -4.92. The second-order valence-corrected chi connectivity index (χ2v) is 9.20. The number of rotatable bonds is 8. The van der Waals surface area contributed by atoms with Crippen LogP contribution in [0.15, 0.2) is 94.6 Å². The summed E-state index contributed by atoms with van der Waals surface area (Å²) < 4.78 is 2.25. The number of hydrogen-bond donors (Lipinski definition) is 3. The molecule has 0 radical (unpaired) electrons. The molecule has 0 aliphatic rings. The van der Waals surface area contributed by atoms with Gasteiger partial charge in [-0.3, -0.25) is 14.2 Å². The number of fused-ring (bicyclic) bond motifs is 2. The number of carbonyl (C=O) groups is 2. The van der Waals surface area contributed by atoms with Crippen LogP contribution in [0.2, 0.25) is 0 Å². The van der Waals surface area contributed by atoms with E-state index in [9.17, 15) is 24.3 Å². The first kappa shape index (κ1) is 24.8. The van der Waals surface area contributed by atoms with Crippen molar-refractivity contribution in [2.45, 2.75) is 24.9 Å². The summed E-state index contributed by atoms with van der Waals surface area (Å²) >= 11 is 0. The molecule has 5 aromatic rings. The second kappa shape index (κ2) is 10.2. The van der Waals surface area contributed by atoms with E-state index in [1.165, 1.54) is 11.6 Å². The van der Waals surface area contributed by atoms with E-state index in [1.54, 1.807) is 54.7 Å². The van der Waals surface area contributed by atoms with E-state index in [-0.39, 0.29) is 18.2 Å². The molecule has 2 atom stereocenters. The fourth-order valence-electron chi connectivity index (χ4n) is 4.83. The molecule has 0 aliphatic carbocycles. The lowest BCUT2D eigenvalue weighted by Gasteiger charge is -2.23. The van der Waals surface area contributed by atoms with Crippen molar-refractivity contribution in [2.24, 2.45) is 7.05 Å². The highest BCUT2D eigenvalue weighted by Crippen LogP contribution is 2.20. The predicted octanol–water partition coefficient (Wildman–Crippen LogP) is 2.78. The number of hydrogen-bond acceptors (Lipinski definition) is 4. The first-order valence-corrected chi connectivity index (χ1v) is 12.2. The highest BCUT2D eigenvalue weighted by molar-refractivity contribution is 5.88. The first-order chi connectivity index (χ1) is 18.3. The van der Waals surface area contributed by atoms with Gasteiger partial charge in [0.1, 0.15) is 12.1 Å². The summed E-state index contributed by atoms with van der Waals surface area (Å²) in [6.07, 6.45) is 1.77. The van der Waals surface area contributed by atoms with Gasteiger partial charge in [-0.25, -0.2) is 14.2 Å². The Morgan fingerprint density at radius 3 is 2.29 bits per heavy atom. The summed E-state index contributed by atoms with van der Waals surface area (Å²) in [4.78, 5) is 55.9. The van der Waals surface area contributed by atoms with Crippen molar-refractivity contribution in [2.75, 3.05) is 0 Å². The molecule has 9 heteroatoms. The van der Waals surface area contributed by atoms with E-state index in [2.05, 4.69) is 10.3 Å². The molecule has 38 heavy (non-hydrogen) atoms. The van der Waals surface area contributed by atoms with Gasteiger partial charge in [-0.15, -0.1) is 0 Å². The quantitative estimate of drug-likeness (QED) is 0.296. The van der Waals surface area contributed by atoms with Crippen molar-refractivity contribution in [3.8, 4) is 0 Å². The van der Waals surface area contributed by atoms with Crippen LogP contribution in [0.4, 0.5) is 0 Å². The molecule has 0 bridgehead atoms. The number of carboxylic acid groups (broad SMARTS) is 1. The van der Waals surface area contributed by atoms with Gasteiger partial charge >= 0.3 is 11.7 Å². The summed E-state index contributed by atoms with van der Waals surface area (Å²) in [5, 5.41) is 13.7. The smallest absolute Gasteiger partial charge is 0.331 e. The molecule has 0 fully saturated rings. The van der Waals surface area contributed by atoms with Crippen molar-refractivity contribution in [3.63, 3.8) is 0 Å². The zero-order valence-electron chi connectivity index (χ0n) is 20.6. The number of amides is 1. The molecule has 0 spiro atoms. The van der Waals surface area contributed by atoms with Gasteiger partial charge in [-0.1, -0.05) is 60.7 Å². The molecule has 5 rings (SSSR count). The Bertz CT molecular complexity index is 1770. The number of nitrogens with zero attached hydrogens (tertiary/aromatic N) is 2. The average molecular weight is 511 g/mol. The Morgan fingerprint density at radius 1 is 0.895 bits per heavy atom. The molecule has 9 nitrogen and oxygen atoms in total. The zero-order valence-corrected chi connectivity index (χ0v) is 20.6. The van der Waals surface area contributed by atoms with E-state index in [1.807, 2.05) is 30.3 Å². The van der Waals surface area contributed by atoms with Gasteiger partial charge in [0.25, 0.3) is 5.56 Å². The van der Waals surface area contributed by atoms with E-state index >= 15 is 0 Å². The summed E-state index contributed by atoms with van der Waals surface area (Å²) in [5.74, 6) is -1.95. The van der Waals surface area contributed by atoms with Crippen molar-refractivity contribution in [1.82, 2.24) is 19.4 Å². The van der Waals surface area contributed by atoms with Crippen molar-refractivity contribution >= 4 is 33.7 Å². The Morgan fingerprint density at radius 2 is 1.55 bits per heavy atom. The van der Waals surface area contributed by atoms with Gasteiger partial charge < -0.3 is 15.4 Å².